The molecule has 1 aromatic heterocycles. The first kappa shape index (κ1) is 11.7. The van der Waals surface area contributed by atoms with Crippen LogP contribution in [0.4, 0.5) is 0 Å². The zero-order chi connectivity index (χ0) is 11.4. The van der Waals surface area contributed by atoms with Crippen LogP contribution in [0.1, 0.15) is 11.5 Å². The Labute approximate surface area is 100 Å². The fourth-order valence-corrected chi connectivity index (χ4v) is 2.76. The molecule has 1 aromatic rings. The second-order valence-electron chi connectivity index (χ2n) is 3.88. The minimum Gasteiger partial charge on any atom is -0.481 e. The monoisotopic (exact) mass is 239 g/mol. The first-order valence-corrected chi connectivity index (χ1v) is 6.63. The molecule has 1 unspecified atom stereocenters. The predicted octanol–water partition coefficient (Wildman–Crippen LogP) is 1.04. The topological polar surface area (TPSA) is 47.0 Å². The summed E-state index contributed by atoms with van der Waals surface area (Å²) < 4.78 is 5.15. The van der Waals surface area contributed by atoms with E-state index in [1.165, 1.54) is 5.75 Å². The Morgan fingerprint density at radius 3 is 3.12 bits per heavy atom. The molecule has 2 heterocycles. The van der Waals surface area contributed by atoms with Crippen molar-refractivity contribution >= 4 is 11.8 Å². The average Bonchev–Trinajstić information content (AvgIpc) is 2.29. The number of rotatable bonds is 3. The molecule has 0 radical (unpaired) electrons. The molecule has 0 amide bonds. The number of hydrogen-bond acceptors (Lipinski definition) is 5. The summed E-state index contributed by atoms with van der Waals surface area (Å²) in [5.41, 5.74) is 1.06. The smallest absolute Gasteiger partial charge is 0.216 e. The van der Waals surface area contributed by atoms with Gasteiger partial charge in [0.15, 0.2) is 0 Å². The van der Waals surface area contributed by atoms with Crippen LogP contribution in [0.15, 0.2) is 6.07 Å². The van der Waals surface area contributed by atoms with E-state index < -0.39 is 0 Å². The van der Waals surface area contributed by atoms with Gasteiger partial charge < -0.3 is 10.1 Å². The van der Waals surface area contributed by atoms with Crippen molar-refractivity contribution in [3.05, 3.63) is 17.6 Å². The fourth-order valence-electron chi connectivity index (χ4n) is 1.81. The molecule has 1 atom stereocenters. The predicted molar refractivity (Wildman–Crippen MR) is 66.1 cm³/mol. The lowest BCUT2D eigenvalue weighted by Gasteiger charge is -2.22. The van der Waals surface area contributed by atoms with Gasteiger partial charge in [-0.2, -0.15) is 16.7 Å². The van der Waals surface area contributed by atoms with Gasteiger partial charge in [-0.1, -0.05) is 0 Å². The van der Waals surface area contributed by atoms with Crippen molar-refractivity contribution in [2.75, 3.05) is 25.2 Å². The van der Waals surface area contributed by atoms with Crippen LogP contribution in [-0.4, -0.2) is 41.2 Å². The van der Waals surface area contributed by atoms with Crippen LogP contribution in [0.2, 0.25) is 0 Å². The van der Waals surface area contributed by atoms with Crippen molar-refractivity contribution in [2.24, 2.45) is 0 Å². The van der Waals surface area contributed by atoms with Crippen LogP contribution < -0.4 is 10.1 Å². The molecule has 0 spiro atoms. The maximum absolute atomic E-state index is 5.15. The highest BCUT2D eigenvalue weighted by atomic mass is 32.2. The molecular formula is C11H17N3OS. The van der Waals surface area contributed by atoms with Gasteiger partial charge in [0.25, 0.3) is 0 Å². The molecule has 88 valence electrons. The lowest BCUT2D eigenvalue weighted by atomic mass is 10.1. The van der Waals surface area contributed by atoms with E-state index in [0.29, 0.717) is 11.9 Å². The molecule has 16 heavy (non-hydrogen) atoms. The van der Waals surface area contributed by atoms with Crippen LogP contribution >= 0.6 is 11.8 Å². The molecule has 0 bridgehead atoms. The molecule has 1 aliphatic heterocycles. The molecule has 2 rings (SSSR count). The quantitative estimate of drug-likeness (QED) is 0.854. The van der Waals surface area contributed by atoms with Crippen LogP contribution in [0.25, 0.3) is 0 Å². The minimum absolute atomic E-state index is 0.526. The van der Waals surface area contributed by atoms with Gasteiger partial charge in [0, 0.05) is 42.3 Å². The van der Waals surface area contributed by atoms with E-state index in [0.717, 1.165) is 30.2 Å². The summed E-state index contributed by atoms with van der Waals surface area (Å²) >= 11 is 2.00. The van der Waals surface area contributed by atoms with Gasteiger partial charge in [-0.3, -0.25) is 0 Å². The number of thioether (sulfide) groups is 1. The highest BCUT2D eigenvalue weighted by Crippen LogP contribution is 2.14. The Morgan fingerprint density at radius 1 is 1.56 bits per heavy atom. The highest BCUT2D eigenvalue weighted by molar-refractivity contribution is 7.99. The second-order valence-corrected chi connectivity index (χ2v) is 5.03. The molecule has 0 aliphatic carbocycles. The number of ether oxygens (including phenoxy) is 1. The Bertz CT molecular complexity index is 353. The largest absolute Gasteiger partial charge is 0.481 e. The van der Waals surface area contributed by atoms with Crippen molar-refractivity contribution in [3.63, 3.8) is 0 Å². The lowest BCUT2D eigenvalue weighted by molar-refractivity contribution is 0.394. The first-order chi connectivity index (χ1) is 7.78. The summed E-state index contributed by atoms with van der Waals surface area (Å²) in [4.78, 5) is 8.62. The molecule has 0 aromatic carbocycles. The van der Waals surface area contributed by atoms with E-state index in [-0.39, 0.29) is 0 Å². The Morgan fingerprint density at radius 2 is 2.44 bits per heavy atom. The van der Waals surface area contributed by atoms with E-state index in [1.807, 2.05) is 24.8 Å². The normalized spacial score (nSPS) is 20.8. The fraction of sp³-hybridized carbons (Fsp3) is 0.636. The summed E-state index contributed by atoms with van der Waals surface area (Å²) in [7, 11) is 1.64. The van der Waals surface area contributed by atoms with Gasteiger partial charge in [0.2, 0.25) is 5.88 Å². The molecule has 1 saturated heterocycles. The summed E-state index contributed by atoms with van der Waals surface area (Å²) in [6.45, 7) is 2.99. The summed E-state index contributed by atoms with van der Waals surface area (Å²) in [5.74, 6) is 3.80. The van der Waals surface area contributed by atoms with Crippen molar-refractivity contribution in [2.45, 2.75) is 19.4 Å². The lowest BCUT2D eigenvalue weighted by Crippen LogP contribution is -2.39. The van der Waals surface area contributed by atoms with E-state index >= 15 is 0 Å². The molecule has 0 saturated carbocycles. The van der Waals surface area contributed by atoms with Crippen LogP contribution in [0, 0.1) is 6.92 Å². The van der Waals surface area contributed by atoms with E-state index in [1.54, 1.807) is 7.11 Å². The van der Waals surface area contributed by atoms with Crippen molar-refractivity contribution in [1.82, 2.24) is 15.3 Å². The third kappa shape index (κ3) is 3.09. The van der Waals surface area contributed by atoms with Crippen LogP contribution in [0.3, 0.4) is 0 Å². The maximum Gasteiger partial charge on any atom is 0.216 e. The first-order valence-electron chi connectivity index (χ1n) is 5.47. The van der Waals surface area contributed by atoms with Crippen LogP contribution in [0.5, 0.6) is 5.88 Å². The number of methoxy groups -OCH3 is 1. The summed E-state index contributed by atoms with van der Waals surface area (Å²) in [5, 5.41) is 3.50. The highest BCUT2D eigenvalue weighted by Gasteiger charge is 2.14. The summed E-state index contributed by atoms with van der Waals surface area (Å²) in [6, 6.07) is 2.45. The number of nitrogens with zero attached hydrogens (tertiary/aromatic N) is 2. The number of hydrogen-bond donors (Lipinski definition) is 1. The number of aromatic nitrogens is 2. The zero-order valence-electron chi connectivity index (χ0n) is 9.69. The molecule has 4 nitrogen and oxygen atoms in total. The molecule has 1 aliphatic rings. The van der Waals surface area contributed by atoms with Gasteiger partial charge in [-0.05, 0) is 6.92 Å². The molecular weight excluding hydrogens is 222 g/mol. The van der Waals surface area contributed by atoms with Gasteiger partial charge in [0.1, 0.15) is 5.82 Å². The van der Waals surface area contributed by atoms with E-state index in [9.17, 15) is 0 Å². The number of aryl methyl sites for hydroxylation is 1. The van der Waals surface area contributed by atoms with Gasteiger partial charge in [-0.25, -0.2) is 4.98 Å². The van der Waals surface area contributed by atoms with E-state index in [2.05, 4.69) is 15.3 Å². The van der Waals surface area contributed by atoms with Crippen molar-refractivity contribution in [1.29, 1.82) is 0 Å². The maximum atomic E-state index is 5.15. The van der Waals surface area contributed by atoms with Gasteiger partial charge in [0.05, 0.1) is 7.11 Å². The third-order valence-corrected chi connectivity index (χ3v) is 3.66. The van der Waals surface area contributed by atoms with Crippen molar-refractivity contribution in [3.8, 4) is 5.88 Å². The molecule has 1 fully saturated rings. The average molecular weight is 239 g/mol. The molecule has 5 heteroatoms. The Hall–Kier alpha value is -0.810. The molecule has 1 N–H and O–H groups in total. The van der Waals surface area contributed by atoms with Gasteiger partial charge >= 0.3 is 0 Å². The second kappa shape index (κ2) is 5.50. The SMILES string of the molecule is COc1cc(CC2CSCCN2)nc(C)n1. The number of nitrogens with one attached hydrogen (secondary N) is 1. The minimum atomic E-state index is 0.526. The van der Waals surface area contributed by atoms with Gasteiger partial charge in [-0.15, -0.1) is 0 Å². The Balaban J connectivity index is 2.04. The Kier molecular flexibility index (Phi) is 4.01. The van der Waals surface area contributed by atoms with E-state index in [4.69, 9.17) is 4.74 Å². The zero-order valence-corrected chi connectivity index (χ0v) is 10.5. The van der Waals surface area contributed by atoms with Crippen LogP contribution in [-0.2, 0) is 6.42 Å². The third-order valence-electron chi connectivity index (χ3n) is 2.53. The summed E-state index contributed by atoms with van der Waals surface area (Å²) in [6.07, 6.45) is 0.951. The standard InChI is InChI=1S/C11H17N3OS/c1-8-13-9(6-11(14-8)15-2)5-10-7-16-4-3-12-10/h6,10,12H,3-5,7H2,1-2H3. The van der Waals surface area contributed by atoms with Crippen molar-refractivity contribution < 1.29 is 4.74 Å².